The summed E-state index contributed by atoms with van der Waals surface area (Å²) >= 11 is 0. The Hall–Kier alpha value is -1.10. The molecule has 1 saturated heterocycles. The van der Waals surface area contributed by atoms with Gasteiger partial charge >= 0.3 is 0 Å². The number of aliphatic hydroxyl groups is 1. The third-order valence-corrected chi connectivity index (χ3v) is 3.03. The number of aliphatic hydroxyl groups excluding tert-OH is 1. The topological polar surface area (TPSA) is 69.6 Å². The molecular formula is C11H20N2O3. The number of nitrogens with zero attached hydrogens (tertiary/aromatic N) is 1. The summed E-state index contributed by atoms with van der Waals surface area (Å²) in [6.45, 7) is 2.54. The fourth-order valence-electron chi connectivity index (χ4n) is 1.89. The summed E-state index contributed by atoms with van der Waals surface area (Å²) in [4.78, 5) is 24.7. The van der Waals surface area contributed by atoms with Gasteiger partial charge in [0.05, 0.1) is 5.92 Å². The average molecular weight is 228 g/mol. The molecule has 0 spiro atoms. The van der Waals surface area contributed by atoms with E-state index in [4.69, 9.17) is 5.11 Å². The predicted octanol–water partition coefficient (Wildman–Crippen LogP) is -0.258. The zero-order valence-electron chi connectivity index (χ0n) is 9.90. The smallest absolute Gasteiger partial charge is 0.225 e. The van der Waals surface area contributed by atoms with Crippen LogP contribution < -0.4 is 5.32 Å². The molecule has 2 amide bonds. The highest BCUT2D eigenvalue weighted by atomic mass is 16.3. The number of rotatable bonds is 5. The van der Waals surface area contributed by atoms with Crippen LogP contribution in [0.3, 0.4) is 0 Å². The largest absolute Gasteiger partial charge is 0.396 e. The van der Waals surface area contributed by atoms with Crippen LogP contribution in [0.15, 0.2) is 0 Å². The van der Waals surface area contributed by atoms with Gasteiger partial charge in [0.1, 0.15) is 0 Å². The first-order chi connectivity index (χ1) is 7.58. The van der Waals surface area contributed by atoms with E-state index in [1.54, 1.807) is 11.9 Å². The van der Waals surface area contributed by atoms with Crippen LogP contribution in [0.2, 0.25) is 0 Å². The van der Waals surface area contributed by atoms with Crippen LogP contribution in [0, 0.1) is 5.92 Å². The van der Waals surface area contributed by atoms with Crippen molar-refractivity contribution in [2.45, 2.75) is 32.2 Å². The number of nitrogens with one attached hydrogen (secondary N) is 1. The Morgan fingerprint density at radius 1 is 1.69 bits per heavy atom. The minimum Gasteiger partial charge on any atom is -0.396 e. The second-order valence-corrected chi connectivity index (χ2v) is 4.30. The van der Waals surface area contributed by atoms with Crippen LogP contribution in [0.25, 0.3) is 0 Å². The van der Waals surface area contributed by atoms with Crippen LogP contribution in [0.4, 0.5) is 0 Å². The molecule has 2 N–H and O–H groups in total. The molecule has 0 bridgehead atoms. The van der Waals surface area contributed by atoms with Crippen LogP contribution in [-0.4, -0.2) is 48.1 Å². The molecule has 5 nitrogen and oxygen atoms in total. The zero-order valence-corrected chi connectivity index (χ0v) is 9.90. The first-order valence-corrected chi connectivity index (χ1v) is 5.73. The first-order valence-electron chi connectivity index (χ1n) is 5.73. The normalized spacial score (nSPS) is 22.3. The molecule has 1 aliphatic rings. The van der Waals surface area contributed by atoms with E-state index in [2.05, 4.69) is 5.32 Å². The van der Waals surface area contributed by atoms with Crippen molar-refractivity contribution in [3.8, 4) is 0 Å². The Labute approximate surface area is 95.8 Å². The Morgan fingerprint density at radius 2 is 2.38 bits per heavy atom. The summed E-state index contributed by atoms with van der Waals surface area (Å²) in [6, 6.07) is 0.0125. The van der Waals surface area contributed by atoms with Gasteiger partial charge in [-0.15, -0.1) is 0 Å². The second kappa shape index (κ2) is 5.84. The predicted molar refractivity (Wildman–Crippen MR) is 59.7 cm³/mol. The van der Waals surface area contributed by atoms with Crippen LogP contribution in [0.5, 0.6) is 0 Å². The van der Waals surface area contributed by atoms with Gasteiger partial charge in [-0.1, -0.05) is 6.92 Å². The van der Waals surface area contributed by atoms with Gasteiger partial charge in [-0.3, -0.25) is 9.59 Å². The highest BCUT2D eigenvalue weighted by Crippen LogP contribution is 2.16. The van der Waals surface area contributed by atoms with Gasteiger partial charge in [0, 0.05) is 32.7 Å². The number of likely N-dealkylation sites (tertiary alicyclic amines) is 1. The summed E-state index contributed by atoms with van der Waals surface area (Å²) in [5, 5.41) is 11.7. The molecule has 0 radical (unpaired) electrons. The number of hydrogen-bond acceptors (Lipinski definition) is 3. The van der Waals surface area contributed by atoms with E-state index in [-0.39, 0.29) is 30.4 Å². The summed E-state index contributed by atoms with van der Waals surface area (Å²) in [6.07, 6.45) is 1.67. The van der Waals surface area contributed by atoms with Crippen molar-refractivity contribution in [3.63, 3.8) is 0 Å². The maximum Gasteiger partial charge on any atom is 0.225 e. The van der Waals surface area contributed by atoms with Crippen molar-refractivity contribution >= 4 is 11.8 Å². The molecule has 0 aromatic carbocycles. The lowest BCUT2D eigenvalue weighted by atomic mass is 10.1. The van der Waals surface area contributed by atoms with Crippen molar-refractivity contribution in [3.05, 3.63) is 0 Å². The maximum atomic E-state index is 11.8. The molecule has 1 heterocycles. The van der Waals surface area contributed by atoms with E-state index in [0.29, 0.717) is 19.4 Å². The third kappa shape index (κ3) is 3.20. The Balaban J connectivity index is 2.43. The van der Waals surface area contributed by atoms with E-state index >= 15 is 0 Å². The van der Waals surface area contributed by atoms with Crippen LogP contribution in [-0.2, 0) is 9.59 Å². The van der Waals surface area contributed by atoms with E-state index in [1.165, 1.54) is 0 Å². The van der Waals surface area contributed by atoms with Crippen molar-refractivity contribution in [2.75, 3.05) is 20.2 Å². The van der Waals surface area contributed by atoms with Crippen molar-refractivity contribution in [2.24, 2.45) is 5.92 Å². The lowest BCUT2D eigenvalue weighted by Crippen LogP contribution is -2.39. The number of hydrogen-bond donors (Lipinski definition) is 2. The molecule has 5 heteroatoms. The van der Waals surface area contributed by atoms with Crippen molar-refractivity contribution < 1.29 is 14.7 Å². The Bertz CT molecular complexity index is 268. The van der Waals surface area contributed by atoms with E-state index in [9.17, 15) is 9.59 Å². The fraction of sp³-hybridized carbons (Fsp3) is 0.818. The molecule has 0 aromatic rings. The van der Waals surface area contributed by atoms with Crippen LogP contribution >= 0.6 is 0 Å². The molecule has 1 fully saturated rings. The van der Waals surface area contributed by atoms with Gasteiger partial charge in [0.25, 0.3) is 0 Å². The molecule has 2 unspecified atom stereocenters. The van der Waals surface area contributed by atoms with E-state index in [0.717, 1.165) is 6.42 Å². The molecule has 1 rings (SSSR count). The number of carbonyl (C=O) groups excluding carboxylic acids is 2. The lowest BCUT2D eigenvalue weighted by Gasteiger charge is -2.18. The standard InChI is InChI=1S/C11H20N2O3/c1-3-9(4-5-14)12-11(16)8-6-10(15)13(2)7-8/h8-9,14H,3-7H2,1-2H3,(H,12,16). The number of amides is 2. The lowest BCUT2D eigenvalue weighted by molar-refractivity contribution is -0.128. The average Bonchev–Trinajstić information content (AvgIpc) is 2.58. The molecular weight excluding hydrogens is 208 g/mol. The van der Waals surface area contributed by atoms with E-state index < -0.39 is 0 Å². The molecule has 92 valence electrons. The molecule has 16 heavy (non-hydrogen) atoms. The van der Waals surface area contributed by atoms with E-state index in [1.807, 2.05) is 6.92 Å². The van der Waals surface area contributed by atoms with Gasteiger partial charge in [-0.25, -0.2) is 0 Å². The molecule has 1 aliphatic heterocycles. The van der Waals surface area contributed by atoms with Gasteiger partial charge in [-0.05, 0) is 12.8 Å². The highest BCUT2D eigenvalue weighted by Gasteiger charge is 2.32. The van der Waals surface area contributed by atoms with Crippen LogP contribution in [0.1, 0.15) is 26.2 Å². The fourth-order valence-corrected chi connectivity index (χ4v) is 1.89. The van der Waals surface area contributed by atoms with Gasteiger partial charge in [-0.2, -0.15) is 0 Å². The quantitative estimate of drug-likeness (QED) is 0.681. The van der Waals surface area contributed by atoms with Crippen molar-refractivity contribution in [1.82, 2.24) is 10.2 Å². The SMILES string of the molecule is CCC(CCO)NC(=O)C1CC(=O)N(C)C1. The summed E-state index contributed by atoms with van der Waals surface area (Å²) in [5.74, 6) is -0.279. The monoisotopic (exact) mass is 228 g/mol. The minimum atomic E-state index is -0.231. The minimum absolute atomic E-state index is 0.0125. The molecule has 2 atom stereocenters. The molecule has 0 aliphatic carbocycles. The highest BCUT2D eigenvalue weighted by molar-refractivity contribution is 5.89. The van der Waals surface area contributed by atoms with Gasteiger partial charge < -0.3 is 15.3 Å². The first kappa shape index (κ1) is 13.0. The summed E-state index contributed by atoms with van der Waals surface area (Å²) < 4.78 is 0. The Kier molecular flexibility index (Phi) is 4.73. The molecule has 0 aromatic heterocycles. The second-order valence-electron chi connectivity index (χ2n) is 4.30. The maximum absolute atomic E-state index is 11.8. The number of carbonyl (C=O) groups is 2. The Morgan fingerprint density at radius 3 is 2.81 bits per heavy atom. The van der Waals surface area contributed by atoms with Crippen molar-refractivity contribution in [1.29, 1.82) is 0 Å². The summed E-state index contributed by atoms with van der Waals surface area (Å²) in [5.41, 5.74) is 0. The van der Waals surface area contributed by atoms with Gasteiger partial charge in [0.2, 0.25) is 11.8 Å². The zero-order chi connectivity index (χ0) is 12.1. The van der Waals surface area contributed by atoms with Gasteiger partial charge in [0.15, 0.2) is 0 Å². The third-order valence-electron chi connectivity index (χ3n) is 3.03. The summed E-state index contributed by atoms with van der Waals surface area (Å²) in [7, 11) is 1.71. The molecule has 0 saturated carbocycles.